The molecule has 0 spiro atoms. The molecule has 1 aromatic carbocycles. The molecule has 2 rings (SSSR count). The Balaban J connectivity index is 2.75. The van der Waals surface area contributed by atoms with Crippen LogP contribution in [0.2, 0.25) is 0 Å². The van der Waals surface area contributed by atoms with Crippen LogP contribution in [-0.2, 0) is 6.54 Å². The Morgan fingerprint density at radius 1 is 1.09 bits per heavy atom. The third-order valence-electron chi connectivity index (χ3n) is 4.89. The predicted octanol–water partition coefficient (Wildman–Crippen LogP) is 4.05. The highest BCUT2D eigenvalue weighted by atomic mass is 16.3. The van der Waals surface area contributed by atoms with Gasteiger partial charge < -0.3 is 5.11 Å². The molecule has 0 bridgehead atoms. The molecule has 0 saturated carbocycles. The Labute approximate surface area is 140 Å². The summed E-state index contributed by atoms with van der Waals surface area (Å²) in [6.45, 7) is 15.9. The highest BCUT2D eigenvalue weighted by molar-refractivity contribution is 5.53. The summed E-state index contributed by atoms with van der Waals surface area (Å²) in [4.78, 5) is 0. The third-order valence-corrected chi connectivity index (χ3v) is 4.89. The van der Waals surface area contributed by atoms with E-state index in [4.69, 9.17) is 0 Å². The van der Waals surface area contributed by atoms with Crippen molar-refractivity contribution < 1.29 is 9.67 Å². The van der Waals surface area contributed by atoms with Gasteiger partial charge in [-0.1, -0.05) is 39.0 Å². The molecule has 0 aliphatic carbocycles. The zero-order valence-electron chi connectivity index (χ0n) is 15.6. The van der Waals surface area contributed by atoms with Crippen molar-refractivity contribution in [2.75, 3.05) is 0 Å². The molecule has 23 heavy (non-hydrogen) atoms. The minimum atomic E-state index is -0.374. The lowest BCUT2D eigenvalue weighted by Crippen LogP contribution is -2.42. The quantitative estimate of drug-likeness (QED) is 0.847. The molecule has 3 heteroatoms. The summed E-state index contributed by atoms with van der Waals surface area (Å²) in [6, 6.07) is 10.9. The Hall–Kier alpha value is -1.61. The first-order chi connectivity index (χ1) is 10.6. The Morgan fingerprint density at radius 2 is 1.65 bits per heavy atom. The van der Waals surface area contributed by atoms with Crippen LogP contribution in [0.25, 0.3) is 11.4 Å². The van der Waals surface area contributed by atoms with Gasteiger partial charge in [0.05, 0.1) is 11.7 Å². The van der Waals surface area contributed by atoms with E-state index in [1.165, 1.54) is 22.8 Å². The summed E-state index contributed by atoms with van der Waals surface area (Å²) in [5.74, 6) is 1.18. The lowest BCUT2D eigenvalue weighted by molar-refractivity contribution is -0.697. The summed E-state index contributed by atoms with van der Waals surface area (Å²) < 4.78 is 4.70. The van der Waals surface area contributed by atoms with Crippen LogP contribution in [-0.4, -0.2) is 15.8 Å². The van der Waals surface area contributed by atoms with E-state index in [0.29, 0.717) is 12.6 Å². The van der Waals surface area contributed by atoms with Gasteiger partial charge in [0.25, 0.3) is 5.82 Å². The largest absolute Gasteiger partial charge is 0.389 e. The molecule has 126 valence electrons. The smallest absolute Gasteiger partial charge is 0.289 e. The van der Waals surface area contributed by atoms with Gasteiger partial charge in [0.15, 0.2) is 0 Å². The lowest BCUT2D eigenvalue weighted by atomic mass is 9.87. The third kappa shape index (κ3) is 3.50. The van der Waals surface area contributed by atoms with E-state index >= 15 is 0 Å². The Morgan fingerprint density at radius 3 is 2.13 bits per heavy atom. The molecule has 3 nitrogen and oxygen atoms in total. The maximum absolute atomic E-state index is 9.97. The van der Waals surface area contributed by atoms with Crippen molar-refractivity contribution >= 4 is 0 Å². The first kappa shape index (κ1) is 17.7. The number of benzene rings is 1. The summed E-state index contributed by atoms with van der Waals surface area (Å²) in [5.41, 5.74) is 3.84. The average Bonchev–Trinajstić information content (AvgIpc) is 2.70. The first-order valence-electron chi connectivity index (χ1n) is 8.49. The van der Waals surface area contributed by atoms with Gasteiger partial charge in [0.1, 0.15) is 24.0 Å². The van der Waals surface area contributed by atoms with Gasteiger partial charge in [-0.25, -0.2) is 9.13 Å². The van der Waals surface area contributed by atoms with E-state index in [0.717, 1.165) is 0 Å². The fourth-order valence-electron chi connectivity index (χ4n) is 3.05. The van der Waals surface area contributed by atoms with E-state index in [1.54, 1.807) is 0 Å². The molecule has 2 aromatic rings. The van der Waals surface area contributed by atoms with Crippen molar-refractivity contribution in [2.45, 2.75) is 67.2 Å². The van der Waals surface area contributed by atoms with Gasteiger partial charge in [0, 0.05) is 19.3 Å². The number of aromatic nitrogens is 2. The SMILES string of the molecule is Cc1c(C)[n+](CC(C)O)c(-c2ccccc2)n1C(C)C(C)(C)C. The molecule has 0 radical (unpaired) electrons. The van der Waals surface area contributed by atoms with E-state index in [2.05, 4.69) is 74.9 Å². The average molecular weight is 315 g/mol. The molecule has 0 aliphatic heterocycles. The van der Waals surface area contributed by atoms with Crippen LogP contribution in [0.3, 0.4) is 0 Å². The van der Waals surface area contributed by atoms with E-state index < -0.39 is 0 Å². The van der Waals surface area contributed by atoms with Crippen LogP contribution in [0.5, 0.6) is 0 Å². The fourth-order valence-corrected chi connectivity index (χ4v) is 3.05. The number of aliphatic hydroxyl groups is 1. The number of imidazole rings is 1. The summed E-state index contributed by atoms with van der Waals surface area (Å²) in [5, 5.41) is 9.97. The molecule has 2 unspecified atom stereocenters. The second kappa shape index (κ2) is 6.48. The molecule has 0 aliphatic rings. The lowest BCUT2D eigenvalue weighted by Gasteiger charge is -2.26. The summed E-state index contributed by atoms with van der Waals surface area (Å²) in [6.07, 6.45) is -0.374. The molecule has 1 heterocycles. The molecule has 2 atom stereocenters. The van der Waals surface area contributed by atoms with E-state index in [9.17, 15) is 5.11 Å². The number of rotatable bonds is 4. The minimum Gasteiger partial charge on any atom is -0.389 e. The van der Waals surface area contributed by atoms with E-state index in [1.807, 2.05) is 13.0 Å². The van der Waals surface area contributed by atoms with Crippen molar-refractivity contribution in [3.05, 3.63) is 41.7 Å². The highest BCUT2D eigenvalue weighted by Crippen LogP contribution is 2.35. The monoisotopic (exact) mass is 315 g/mol. The first-order valence-corrected chi connectivity index (χ1v) is 8.49. The highest BCUT2D eigenvalue weighted by Gasteiger charge is 2.35. The summed E-state index contributed by atoms with van der Waals surface area (Å²) >= 11 is 0. The van der Waals surface area contributed by atoms with Crippen molar-refractivity contribution in [3.63, 3.8) is 0 Å². The van der Waals surface area contributed by atoms with Gasteiger partial charge in [-0.05, 0) is 26.0 Å². The van der Waals surface area contributed by atoms with Crippen LogP contribution >= 0.6 is 0 Å². The van der Waals surface area contributed by atoms with Crippen LogP contribution < -0.4 is 4.57 Å². The maximum Gasteiger partial charge on any atom is 0.289 e. The molecule has 1 N–H and O–H groups in total. The fraction of sp³-hybridized carbons (Fsp3) is 0.550. The van der Waals surface area contributed by atoms with E-state index in [-0.39, 0.29) is 11.5 Å². The van der Waals surface area contributed by atoms with Gasteiger partial charge in [-0.3, -0.25) is 0 Å². The Kier molecular flexibility index (Phi) is 5.00. The van der Waals surface area contributed by atoms with Crippen molar-refractivity contribution in [2.24, 2.45) is 5.41 Å². The van der Waals surface area contributed by atoms with Crippen LogP contribution in [0.15, 0.2) is 30.3 Å². The maximum atomic E-state index is 9.97. The van der Waals surface area contributed by atoms with Crippen molar-refractivity contribution in [3.8, 4) is 11.4 Å². The molecular weight excluding hydrogens is 284 g/mol. The van der Waals surface area contributed by atoms with Gasteiger partial charge in [-0.15, -0.1) is 0 Å². The van der Waals surface area contributed by atoms with Crippen molar-refractivity contribution in [1.29, 1.82) is 0 Å². The zero-order chi connectivity index (χ0) is 17.4. The summed E-state index contributed by atoms with van der Waals surface area (Å²) in [7, 11) is 0. The van der Waals surface area contributed by atoms with Gasteiger partial charge >= 0.3 is 0 Å². The van der Waals surface area contributed by atoms with Gasteiger partial charge in [-0.2, -0.15) is 0 Å². The second-order valence-corrected chi connectivity index (χ2v) is 7.73. The molecule has 1 aromatic heterocycles. The second-order valence-electron chi connectivity index (χ2n) is 7.73. The standard InChI is InChI=1S/C20H31N2O/c1-14(23)13-21-15(2)16(3)22(17(4)20(5,6)7)19(21)18-11-9-8-10-12-18/h8-12,14,17,23H,13H2,1-7H3/q+1. The van der Waals surface area contributed by atoms with Crippen LogP contribution in [0, 0.1) is 19.3 Å². The number of nitrogens with zero attached hydrogens (tertiary/aromatic N) is 2. The minimum absolute atomic E-state index is 0.155. The molecular formula is C20H31N2O+. The number of aliphatic hydroxyl groups excluding tert-OH is 1. The van der Waals surface area contributed by atoms with Gasteiger partial charge in [0.2, 0.25) is 0 Å². The normalized spacial score (nSPS) is 14.8. The predicted molar refractivity (Wildman–Crippen MR) is 95.4 cm³/mol. The van der Waals surface area contributed by atoms with Crippen molar-refractivity contribution in [1.82, 2.24) is 4.57 Å². The van der Waals surface area contributed by atoms with Crippen LogP contribution in [0.1, 0.15) is 52.0 Å². The molecule has 0 saturated heterocycles. The number of hydrogen-bond acceptors (Lipinski definition) is 1. The number of hydrogen-bond donors (Lipinski definition) is 1. The molecule has 0 amide bonds. The molecule has 0 fully saturated rings. The van der Waals surface area contributed by atoms with Crippen LogP contribution in [0.4, 0.5) is 0 Å². The zero-order valence-corrected chi connectivity index (χ0v) is 15.6. The Bertz CT molecular complexity index is 663. The topological polar surface area (TPSA) is 29.0 Å².